The summed E-state index contributed by atoms with van der Waals surface area (Å²) in [5.41, 5.74) is 0. The maximum absolute atomic E-state index is 12.1. The lowest BCUT2D eigenvalue weighted by molar-refractivity contribution is 0.299. The lowest BCUT2D eigenvalue weighted by Crippen LogP contribution is -2.32. The van der Waals surface area contributed by atoms with Crippen molar-refractivity contribution in [3.63, 3.8) is 0 Å². The highest BCUT2D eigenvalue weighted by molar-refractivity contribution is 7.89. The van der Waals surface area contributed by atoms with Gasteiger partial charge in [-0.25, -0.2) is 8.42 Å². The van der Waals surface area contributed by atoms with Gasteiger partial charge in [0.1, 0.15) is 0 Å². The fourth-order valence-corrected chi connectivity index (χ4v) is 3.53. The van der Waals surface area contributed by atoms with Gasteiger partial charge in [0.15, 0.2) is 5.03 Å². The number of rotatable bonds is 4. The van der Waals surface area contributed by atoms with Crippen LogP contribution in [0.15, 0.2) is 17.3 Å². The fraction of sp³-hybridized carbons (Fsp3) is 0.727. The third-order valence-electron chi connectivity index (χ3n) is 3.40. The molecule has 0 aliphatic heterocycles. The van der Waals surface area contributed by atoms with Crippen LogP contribution >= 0.6 is 0 Å². The number of H-pyrrole nitrogens is 1. The zero-order chi connectivity index (χ0) is 12.3. The van der Waals surface area contributed by atoms with E-state index < -0.39 is 10.0 Å². The lowest BCUT2D eigenvalue weighted by atomic mass is 9.89. The van der Waals surface area contributed by atoms with Gasteiger partial charge in [-0.15, -0.1) is 0 Å². The van der Waals surface area contributed by atoms with Gasteiger partial charge in [-0.1, -0.05) is 19.3 Å². The monoisotopic (exact) mass is 257 g/mol. The van der Waals surface area contributed by atoms with Crippen LogP contribution in [0.2, 0.25) is 0 Å². The summed E-state index contributed by atoms with van der Waals surface area (Å²) in [6, 6.07) is 1.49. The molecule has 1 aliphatic carbocycles. The second-order valence-electron chi connectivity index (χ2n) is 4.71. The highest BCUT2D eigenvalue weighted by Gasteiger charge is 2.25. The molecule has 1 aromatic rings. The number of aromatic amines is 1. The van der Waals surface area contributed by atoms with Crippen LogP contribution in [0.3, 0.4) is 0 Å². The number of aromatic nitrogens is 2. The molecule has 1 aromatic heterocycles. The standard InChI is InChI=1S/C11H19N3O2S/c1-14(9-10-5-3-2-4-6-10)17(15,16)11-7-8-12-13-11/h7-8,10H,2-6,9H2,1H3,(H,12,13). The summed E-state index contributed by atoms with van der Waals surface area (Å²) < 4.78 is 25.7. The van der Waals surface area contributed by atoms with Crippen molar-refractivity contribution in [2.75, 3.05) is 13.6 Å². The van der Waals surface area contributed by atoms with Crippen molar-refractivity contribution in [2.45, 2.75) is 37.1 Å². The molecule has 0 unspecified atom stereocenters. The predicted molar refractivity (Wildman–Crippen MR) is 65.0 cm³/mol. The van der Waals surface area contributed by atoms with E-state index in [0.29, 0.717) is 12.5 Å². The quantitative estimate of drug-likeness (QED) is 0.891. The molecule has 5 nitrogen and oxygen atoms in total. The molecule has 0 amide bonds. The third-order valence-corrected chi connectivity index (χ3v) is 5.16. The van der Waals surface area contributed by atoms with Crippen molar-refractivity contribution in [1.82, 2.24) is 14.5 Å². The molecule has 0 atom stereocenters. The van der Waals surface area contributed by atoms with Crippen molar-refractivity contribution in [3.8, 4) is 0 Å². The number of hydrogen-bond donors (Lipinski definition) is 1. The van der Waals surface area contributed by atoms with E-state index in [9.17, 15) is 8.42 Å². The van der Waals surface area contributed by atoms with E-state index >= 15 is 0 Å². The molecule has 0 spiro atoms. The first-order valence-electron chi connectivity index (χ1n) is 6.06. The van der Waals surface area contributed by atoms with Crippen LogP contribution in [-0.2, 0) is 10.0 Å². The summed E-state index contributed by atoms with van der Waals surface area (Å²) in [6.07, 6.45) is 7.48. The molecule has 0 aromatic carbocycles. The smallest absolute Gasteiger partial charge is 0.259 e. The van der Waals surface area contributed by atoms with E-state index in [1.54, 1.807) is 7.05 Å². The molecular weight excluding hydrogens is 238 g/mol. The van der Waals surface area contributed by atoms with Crippen LogP contribution in [0, 0.1) is 5.92 Å². The molecule has 1 fully saturated rings. The minimum absolute atomic E-state index is 0.177. The molecule has 1 saturated carbocycles. The molecule has 1 N–H and O–H groups in total. The van der Waals surface area contributed by atoms with Crippen LogP contribution in [0.25, 0.3) is 0 Å². The topological polar surface area (TPSA) is 66.1 Å². The van der Waals surface area contributed by atoms with Crippen LogP contribution in [0.5, 0.6) is 0 Å². The van der Waals surface area contributed by atoms with Gasteiger partial charge >= 0.3 is 0 Å². The molecule has 0 bridgehead atoms. The predicted octanol–water partition coefficient (Wildman–Crippen LogP) is 1.61. The van der Waals surface area contributed by atoms with E-state index in [-0.39, 0.29) is 5.03 Å². The average molecular weight is 257 g/mol. The third kappa shape index (κ3) is 2.87. The maximum atomic E-state index is 12.1. The Kier molecular flexibility index (Phi) is 3.83. The SMILES string of the molecule is CN(CC1CCCCC1)S(=O)(=O)c1ccn[nH]1. The Labute approximate surface area is 102 Å². The molecule has 1 aliphatic rings. The van der Waals surface area contributed by atoms with Crippen molar-refractivity contribution in [3.05, 3.63) is 12.3 Å². The highest BCUT2D eigenvalue weighted by atomic mass is 32.2. The van der Waals surface area contributed by atoms with Crippen molar-refractivity contribution < 1.29 is 8.42 Å². The summed E-state index contributed by atoms with van der Waals surface area (Å²) >= 11 is 0. The second kappa shape index (κ2) is 5.18. The Morgan fingerprint density at radius 2 is 2.12 bits per heavy atom. The van der Waals surface area contributed by atoms with Gasteiger partial charge in [0, 0.05) is 13.6 Å². The molecular formula is C11H19N3O2S. The summed E-state index contributed by atoms with van der Waals surface area (Å²) in [6.45, 7) is 0.612. The van der Waals surface area contributed by atoms with Crippen LogP contribution < -0.4 is 0 Å². The molecule has 0 saturated heterocycles. The first-order chi connectivity index (χ1) is 8.10. The molecule has 17 heavy (non-hydrogen) atoms. The Balaban J connectivity index is 2.01. The van der Waals surface area contributed by atoms with Gasteiger partial charge in [0.05, 0.1) is 6.20 Å². The summed E-state index contributed by atoms with van der Waals surface area (Å²) in [5, 5.41) is 6.38. The number of hydrogen-bond acceptors (Lipinski definition) is 3. The molecule has 6 heteroatoms. The van der Waals surface area contributed by atoms with E-state index in [2.05, 4.69) is 10.2 Å². The van der Waals surface area contributed by atoms with E-state index in [0.717, 1.165) is 12.8 Å². The Morgan fingerprint density at radius 1 is 1.41 bits per heavy atom. The van der Waals surface area contributed by atoms with Gasteiger partial charge < -0.3 is 0 Å². The van der Waals surface area contributed by atoms with Crippen molar-refractivity contribution in [1.29, 1.82) is 0 Å². The Bertz CT molecular complexity index is 435. The van der Waals surface area contributed by atoms with E-state index in [1.165, 1.54) is 35.8 Å². The van der Waals surface area contributed by atoms with Gasteiger partial charge in [0.25, 0.3) is 10.0 Å². The van der Waals surface area contributed by atoms with Gasteiger partial charge in [-0.2, -0.15) is 9.40 Å². The minimum atomic E-state index is -3.38. The van der Waals surface area contributed by atoms with Crippen LogP contribution in [-0.4, -0.2) is 36.5 Å². The zero-order valence-corrected chi connectivity index (χ0v) is 10.9. The normalized spacial score (nSPS) is 18.7. The average Bonchev–Trinajstić information content (AvgIpc) is 2.84. The van der Waals surface area contributed by atoms with Crippen molar-refractivity contribution in [2.24, 2.45) is 5.92 Å². The van der Waals surface area contributed by atoms with E-state index in [1.807, 2.05) is 0 Å². The number of nitrogens with zero attached hydrogens (tertiary/aromatic N) is 2. The van der Waals surface area contributed by atoms with Gasteiger partial charge in [0.2, 0.25) is 0 Å². The summed E-state index contributed by atoms with van der Waals surface area (Å²) in [4.78, 5) is 0. The van der Waals surface area contributed by atoms with Crippen molar-refractivity contribution >= 4 is 10.0 Å². The molecule has 1 heterocycles. The highest BCUT2D eigenvalue weighted by Crippen LogP contribution is 2.25. The summed E-state index contributed by atoms with van der Waals surface area (Å²) in [7, 11) is -1.74. The fourth-order valence-electron chi connectivity index (χ4n) is 2.39. The maximum Gasteiger partial charge on any atom is 0.259 e. The molecule has 96 valence electrons. The second-order valence-corrected chi connectivity index (χ2v) is 6.72. The van der Waals surface area contributed by atoms with Gasteiger partial charge in [-0.3, -0.25) is 5.10 Å². The minimum Gasteiger partial charge on any atom is -0.266 e. The molecule has 0 radical (unpaired) electrons. The summed E-state index contributed by atoms with van der Waals surface area (Å²) in [5.74, 6) is 0.506. The van der Waals surface area contributed by atoms with Crippen LogP contribution in [0.1, 0.15) is 32.1 Å². The Morgan fingerprint density at radius 3 is 2.71 bits per heavy atom. The first-order valence-corrected chi connectivity index (χ1v) is 7.50. The lowest BCUT2D eigenvalue weighted by Gasteiger charge is -2.26. The largest absolute Gasteiger partial charge is 0.266 e. The van der Waals surface area contributed by atoms with E-state index in [4.69, 9.17) is 0 Å². The number of sulfonamides is 1. The molecule has 2 rings (SSSR count). The van der Waals surface area contributed by atoms with Crippen LogP contribution in [0.4, 0.5) is 0 Å². The zero-order valence-electron chi connectivity index (χ0n) is 10.1. The van der Waals surface area contributed by atoms with Gasteiger partial charge in [-0.05, 0) is 24.8 Å². The Hall–Kier alpha value is -0.880. The first kappa shape index (κ1) is 12.6. The number of nitrogens with one attached hydrogen (secondary N) is 1.